The van der Waals surface area contributed by atoms with Crippen LogP contribution in [0.1, 0.15) is 32.6 Å². The van der Waals surface area contributed by atoms with Crippen LogP contribution >= 0.6 is 0 Å². The van der Waals surface area contributed by atoms with Crippen molar-refractivity contribution in [2.24, 2.45) is 0 Å². The number of hydrogen-bond acceptors (Lipinski definition) is 3. The zero-order valence-corrected chi connectivity index (χ0v) is 20.8. The van der Waals surface area contributed by atoms with Crippen LogP contribution in [0.3, 0.4) is 0 Å². The van der Waals surface area contributed by atoms with E-state index in [1.807, 2.05) is 24.3 Å². The van der Waals surface area contributed by atoms with E-state index in [-0.39, 0.29) is 5.91 Å². The maximum absolute atomic E-state index is 13.2. The molecule has 4 aromatic carbocycles. The van der Waals surface area contributed by atoms with E-state index in [2.05, 4.69) is 58.4 Å². The van der Waals surface area contributed by atoms with Crippen LogP contribution < -0.4 is 10.1 Å². The largest absolute Gasteiger partial charge is 0.497 e. The fourth-order valence-electron chi connectivity index (χ4n) is 6.25. The van der Waals surface area contributed by atoms with Crippen LogP contribution in [-0.2, 0) is 37.3 Å². The van der Waals surface area contributed by atoms with Crippen LogP contribution in [0, 0.1) is 0 Å². The highest BCUT2D eigenvalue weighted by Gasteiger charge is 2.34. The molecule has 0 fully saturated rings. The maximum atomic E-state index is 13.2. The third-order valence-electron chi connectivity index (χ3n) is 7.86. The molecule has 0 radical (unpaired) electrons. The highest BCUT2D eigenvalue weighted by molar-refractivity contribution is 6.19. The summed E-state index contributed by atoms with van der Waals surface area (Å²) in [6, 6.07) is 25.1. The Labute approximate surface area is 215 Å². The lowest BCUT2D eigenvalue weighted by atomic mass is 9.80. The van der Waals surface area contributed by atoms with Gasteiger partial charge in [0.05, 0.1) is 31.4 Å². The first-order valence-corrected chi connectivity index (χ1v) is 12.9. The van der Waals surface area contributed by atoms with Crippen molar-refractivity contribution in [2.75, 3.05) is 13.7 Å². The number of ether oxygens (including phenoxy) is 2. The van der Waals surface area contributed by atoms with Gasteiger partial charge in [-0.05, 0) is 58.9 Å². The van der Waals surface area contributed by atoms with Crippen molar-refractivity contribution in [3.8, 4) is 16.9 Å². The number of carbonyl (C=O) groups is 1. The van der Waals surface area contributed by atoms with Gasteiger partial charge >= 0.3 is 0 Å². The average molecular weight is 489 g/mol. The molecule has 7 rings (SSSR count). The molecule has 1 aliphatic carbocycles. The SMILES string of the molecule is COc1ccc2c(c1)CCc1c-2c2c(c3c4ccccc4n(CCOCc4ccccc4)c13)CNC2=O. The summed E-state index contributed by atoms with van der Waals surface area (Å²) in [4.78, 5) is 13.2. The Morgan fingerprint density at radius 1 is 0.919 bits per heavy atom. The van der Waals surface area contributed by atoms with Gasteiger partial charge in [-0.25, -0.2) is 0 Å². The van der Waals surface area contributed by atoms with Gasteiger partial charge in [-0.2, -0.15) is 0 Å². The van der Waals surface area contributed by atoms with E-state index in [1.54, 1.807) is 7.11 Å². The Morgan fingerprint density at radius 3 is 2.62 bits per heavy atom. The predicted molar refractivity (Wildman–Crippen MR) is 146 cm³/mol. The van der Waals surface area contributed by atoms with Gasteiger partial charge in [0.15, 0.2) is 0 Å². The van der Waals surface area contributed by atoms with Crippen molar-refractivity contribution in [3.05, 3.63) is 101 Å². The zero-order chi connectivity index (χ0) is 24.9. The fraction of sp³-hybridized carbons (Fsp3) is 0.219. The molecule has 0 bridgehead atoms. The van der Waals surface area contributed by atoms with Crippen LogP contribution in [0.5, 0.6) is 5.75 Å². The van der Waals surface area contributed by atoms with Gasteiger partial charge in [-0.1, -0.05) is 54.6 Å². The molecule has 5 nitrogen and oxygen atoms in total. The number of aromatic nitrogens is 1. The fourth-order valence-corrected chi connectivity index (χ4v) is 6.25. The Bertz CT molecular complexity index is 1680. The highest BCUT2D eigenvalue weighted by atomic mass is 16.5. The van der Waals surface area contributed by atoms with Crippen LogP contribution in [0.2, 0.25) is 0 Å². The van der Waals surface area contributed by atoms with Gasteiger partial charge in [-0.3, -0.25) is 4.79 Å². The van der Waals surface area contributed by atoms with Crippen molar-refractivity contribution >= 4 is 27.7 Å². The molecule has 2 aliphatic rings. The van der Waals surface area contributed by atoms with Gasteiger partial charge in [0, 0.05) is 34.9 Å². The molecule has 1 amide bonds. The minimum Gasteiger partial charge on any atom is -0.497 e. The number of methoxy groups -OCH3 is 1. The second-order valence-electron chi connectivity index (χ2n) is 9.84. The first-order valence-electron chi connectivity index (χ1n) is 12.9. The smallest absolute Gasteiger partial charge is 0.252 e. The number of nitrogens with zero attached hydrogens (tertiary/aromatic N) is 1. The van der Waals surface area contributed by atoms with Crippen molar-refractivity contribution in [3.63, 3.8) is 0 Å². The molecule has 2 heterocycles. The summed E-state index contributed by atoms with van der Waals surface area (Å²) >= 11 is 0. The topological polar surface area (TPSA) is 52.5 Å². The van der Waals surface area contributed by atoms with E-state index in [9.17, 15) is 4.79 Å². The molecule has 0 saturated carbocycles. The van der Waals surface area contributed by atoms with Crippen LogP contribution in [0.4, 0.5) is 0 Å². The molecule has 1 N–H and O–H groups in total. The maximum Gasteiger partial charge on any atom is 0.252 e. The van der Waals surface area contributed by atoms with E-state index in [4.69, 9.17) is 9.47 Å². The molecule has 184 valence electrons. The van der Waals surface area contributed by atoms with Crippen LogP contribution in [0.25, 0.3) is 32.9 Å². The molecule has 0 atom stereocenters. The standard InChI is InChI=1S/C32H28N2O3/c1-36-22-12-14-23-21(17-22)11-13-25-28(23)30-26(18-33-32(30)35)29-24-9-5-6-10-27(24)34(31(25)29)15-16-37-19-20-7-3-2-4-8-20/h2-10,12,14,17H,11,13,15-16,18-19H2,1H3,(H,33,35). The minimum absolute atomic E-state index is 0.0276. The first kappa shape index (κ1) is 22.1. The van der Waals surface area contributed by atoms with Crippen molar-refractivity contribution in [1.29, 1.82) is 0 Å². The third-order valence-corrected chi connectivity index (χ3v) is 7.86. The van der Waals surface area contributed by atoms with Gasteiger partial charge in [0.1, 0.15) is 5.75 Å². The number of benzene rings is 4. The number of carbonyl (C=O) groups excluding carboxylic acids is 1. The van der Waals surface area contributed by atoms with Crippen molar-refractivity contribution < 1.29 is 14.3 Å². The van der Waals surface area contributed by atoms with Gasteiger partial charge in [0.25, 0.3) is 5.91 Å². The molecule has 1 aliphatic heterocycles. The Kier molecular flexibility index (Phi) is 5.26. The third kappa shape index (κ3) is 3.45. The predicted octanol–water partition coefficient (Wildman–Crippen LogP) is 6.03. The number of hydrogen-bond donors (Lipinski definition) is 1. The number of fused-ring (bicyclic) bond motifs is 10. The monoisotopic (exact) mass is 488 g/mol. The molecular weight excluding hydrogens is 460 g/mol. The normalized spacial score (nSPS) is 13.9. The average Bonchev–Trinajstić information content (AvgIpc) is 3.49. The summed E-state index contributed by atoms with van der Waals surface area (Å²) in [5.41, 5.74) is 10.3. The van der Waals surface area contributed by atoms with Crippen molar-refractivity contribution in [2.45, 2.75) is 32.5 Å². The van der Waals surface area contributed by atoms with Gasteiger partial charge < -0.3 is 19.4 Å². The molecule has 0 spiro atoms. The van der Waals surface area contributed by atoms with E-state index >= 15 is 0 Å². The Balaban J connectivity index is 1.41. The number of para-hydroxylation sites is 1. The number of amides is 1. The summed E-state index contributed by atoms with van der Waals surface area (Å²) in [7, 11) is 1.70. The van der Waals surface area contributed by atoms with Crippen LogP contribution in [-0.4, -0.2) is 24.2 Å². The summed E-state index contributed by atoms with van der Waals surface area (Å²) < 4.78 is 14.0. The molecule has 1 aromatic heterocycles. The summed E-state index contributed by atoms with van der Waals surface area (Å²) in [6.07, 6.45) is 1.80. The van der Waals surface area contributed by atoms with E-state index in [0.29, 0.717) is 19.8 Å². The number of nitrogens with one attached hydrogen (secondary N) is 1. The molecule has 0 unspecified atom stereocenters. The van der Waals surface area contributed by atoms with Gasteiger partial charge in [-0.15, -0.1) is 0 Å². The second-order valence-corrected chi connectivity index (χ2v) is 9.84. The lowest BCUT2D eigenvalue weighted by Gasteiger charge is -2.25. The first-order chi connectivity index (χ1) is 18.2. The van der Waals surface area contributed by atoms with E-state index in [1.165, 1.54) is 38.5 Å². The number of aryl methyl sites for hydroxylation is 2. The van der Waals surface area contributed by atoms with E-state index < -0.39 is 0 Å². The molecular formula is C32H28N2O3. The summed E-state index contributed by atoms with van der Waals surface area (Å²) in [5, 5.41) is 5.54. The molecule has 5 heteroatoms. The minimum atomic E-state index is 0.0276. The molecule has 0 saturated heterocycles. The van der Waals surface area contributed by atoms with Crippen molar-refractivity contribution in [1.82, 2.24) is 9.88 Å². The lowest BCUT2D eigenvalue weighted by Crippen LogP contribution is -2.16. The molecule has 37 heavy (non-hydrogen) atoms. The number of rotatable bonds is 6. The summed E-state index contributed by atoms with van der Waals surface area (Å²) in [6.45, 7) is 2.51. The zero-order valence-electron chi connectivity index (χ0n) is 20.8. The quantitative estimate of drug-likeness (QED) is 0.297. The second kappa shape index (κ2) is 8.79. The van der Waals surface area contributed by atoms with E-state index in [0.717, 1.165) is 47.4 Å². The highest BCUT2D eigenvalue weighted by Crippen LogP contribution is 2.47. The Morgan fingerprint density at radius 2 is 1.76 bits per heavy atom. The molecule has 5 aromatic rings. The van der Waals surface area contributed by atoms with Crippen LogP contribution in [0.15, 0.2) is 72.8 Å². The lowest BCUT2D eigenvalue weighted by molar-refractivity contribution is 0.0966. The van der Waals surface area contributed by atoms with Gasteiger partial charge in [0.2, 0.25) is 0 Å². The Hall–Kier alpha value is -4.09. The summed E-state index contributed by atoms with van der Waals surface area (Å²) in [5.74, 6) is 0.883.